The van der Waals surface area contributed by atoms with Crippen molar-refractivity contribution in [2.75, 3.05) is 20.1 Å². The second-order valence-corrected chi connectivity index (χ2v) is 7.95. The molecular formula is C18H24N4OS. The topological polar surface area (TPSA) is 41.4 Å². The fourth-order valence-corrected chi connectivity index (χ4v) is 5.11. The summed E-state index contributed by atoms with van der Waals surface area (Å²) in [5, 5.41) is 8.70. The molecule has 5 nitrogen and oxygen atoms in total. The summed E-state index contributed by atoms with van der Waals surface area (Å²) < 4.78 is 1.84. The third-order valence-corrected chi connectivity index (χ3v) is 6.64. The molecule has 1 amide bonds. The summed E-state index contributed by atoms with van der Waals surface area (Å²) in [7, 11) is 3.94. The summed E-state index contributed by atoms with van der Waals surface area (Å²) in [5.41, 5.74) is 2.57. The molecule has 0 aliphatic carbocycles. The van der Waals surface area contributed by atoms with Crippen molar-refractivity contribution in [1.29, 1.82) is 0 Å². The monoisotopic (exact) mass is 344 g/mol. The SMILES string of the molecule is CN1C(=O)CC(c2cnn(C)c2)C12CCN(Cc1ccsc1)CC2. The van der Waals surface area contributed by atoms with Crippen molar-refractivity contribution in [2.24, 2.45) is 7.05 Å². The van der Waals surface area contributed by atoms with E-state index in [-0.39, 0.29) is 17.4 Å². The van der Waals surface area contributed by atoms with Gasteiger partial charge in [-0.3, -0.25) is 14.4 Å². The lowest BCUT2D eigenvalue weighted by Gasteiger charge is -2.46. The van der Waals surface area contributed by atoms with Crippen molar-refractivity contribution in [3.05, 3.63) is 40.3 Å². The zero-order valence-corrected chi connectivity index (χ0v) is 15.1. The number of likely N-dealkylation sites (tertiary alicyclic amines) is 2. The van der Waals surface area contributed by atoms with Gasteiger partial charge in [0.2, 0.25) is 5.91 Å². The van der Waals surface area contributed by atoms with Crippen LogP contribution in [0.25, 0.3) is 0 Å². The van der Waals surface area contributed by atoms with E-state index >= 15 is 0 Å². The highest BCUT2D eigenvalue weighted by Crippen LogP contribution is 2.48. The summed E-state index contributed by atoms with van der Waals surface area (Å²) in [6.45, 7) is 3.11. The summed E-state index contributed by atoms with van der Waals surface area (Å²) in [6, 6.07) is 2.21. The van der Waals surface area contributed by atoms with Crippen LogP contribution in [0.5, 0.6) is 0 Å². The van der Waals surface area contributed by atoms with Crippen LogP contribution >= 0.6 is 11.3 Å². The molecule has 0 radical (unpaired) electrons. The smallest absolute Gasteiger partial charge is 0.223 e. The average molecular weight is 344 g/mol. The first-order valence-corrected chi connectivity index (χ1v) is 9.51. The Labute approximate surface area is 146 Å². The molecule has 2 aromatic rings. The van der Waals surface area contributed by atoms with Crippen molar-refractivity contribution in [3.63, 3.8) is 0 Å². The average Bonchev–Trinajstić information content (AvgIpc) is 3.28. The molecule has 0 saturated carbocycles. The Morgan fingerprint density at radius 2 is 2.12 bits per heavy atom. The lowest BCUT2D eigenvalue weighted by atomic mass is 9.74. The Kier molecular flexibility index (Phi) is 3.96. The molecule has 6 heteroatoms. The second kappa shape index (κ2) is 6.01. The van der Waals surface area contributed by atoms with E-state index in [1.165, 1.54) is 11.1 Å². The van der Waals surface area contributed by atoms with E-state index in [1.54, 1.807) is 11.3 Å². The number of hydrogen-bond acceptors (Lipinski definition) is 4. The van der Waals surface area contributed by atoms with E-state index in [2.05, 4.69) is 33.0 Å². The van der Waals surface area contributed by atoms with E-state index < -0.39 is 0 Å². The third-order valence-electron chi connectivity index (χ3n) is 5.90. The largest absolute Gasteiger partial charge is 0.339 e. The highest BCUT2D eigenvalue weighted by Gasteiger charge is 2.52. The zero-order chi connectivity index (χ0) is 16.7. The van der Waals surface area contributed by atoms with Gasteiger partial charge in [0.1, 0.15) is 0 Å². The van der Waals surface area contributed by atoms with Crippen molar-refractivity contribution in [1.82, 2.24) is 19.6 Å². The number of carbonyl (C=O) groups excluding carboxylic acids is 1. The van der Waals surface area contributed by atoms with Crippen LogP contribution in [0, 0.1) is 0 Å². The van der Waals surface area contributed by atoms with Crippen LogP contribution in [0.3, 0.4) is 0 Å². The Morgan fingerprint density at radius 1 is 1.33 bits per heavy atom. The second-order valence-electron chi connectivity index (χ2n) is 7.17. The molecule has 4 heterocycles. The molecule has 2 saturated heterocycles. The van der Waals surface area contributed by atoms with Gasteiger partial charge in [-0.05, 0) is 40.8 Å². The molecule has 2 fully saturated rings. The van der Waals surface area contributed by atoms with Crippen LogP contribution in [0.2, 0.25) is 0 Å². The Morgan fingerprint density at radius 3 is 2.75 bits per heavy atom. The quantitative estimate of drug-likeness (QED) is 0.859. The van der Waals surface area contributed by atoms with Crippen molar-refractivity contribution in [2.45, 2.75) is 37.3 Å². The van der Waals surface area contributed by atoms with Gasteiger partial charge in [-0.1, -0.05) is 0 Å². The zero-order valence-electron chi connectivity index (χ0n) is 14.3. The number of piperidine rings is 1. The number of aryl methyl sites for hydroxylation is 1. The molecule has 2 aliphatic rings. The highest BCUT2D eigenvalue weighted by atomic mass is 32.1. The third kappa shape index (κ3) is 2.58. The summed E-state index contributed by atoms with van der Waals surface area (Å²) in [5.74, 6) is 0.544. The fourth-order valence-electron chi connectivity index (χ4n) is 4.45. The van der Waals surface area contributed by atoms with Gasteiger partial charge < -0.3 is 4.90 Å². The molecule has 1 unspecified atom stereocenters. The van der Waals surface area contributed by atoms with Gasteiger partial charge >= 0.3 is 0 Å². The molecule has 1 spiro atoms. The molecule has 0 N–H and O–H groups in total. The van der Waals surface area contributed by atoms with E-state index in [0.29, 0.717) is 6.42 Å². The van der Waals surface area contributed by atoms with E-state index in [1.807, 2.05) is 29.9 Å². The van der Waals surface area contributed by atoms with Crippen LogP contribution in [0.4, 0.5) is 0 Å². The van der Waals surface area contributed by atoms with Gasteiger partial charge in [0, 0.05) is 52.3 Å². The summed E-state index contributed by atoms with van der Waals surface area (Å²) in [6.07, 6.45) is 6.72. The minimum atomic E-state index is -0.0364. The maximum absolute atomic E-state index is 12.5. The summed E-state index contributed by atoms with van der Waals surface area (Å²) >= 11 is 1.76. The van der Waals surface area contributed by atoms with Crippen LogP contribution in [-0.4, -0.2) is 51.2 Å². The number of amides is 1. The van der Waals surface area contributed by atoms with E-state index in [9.17, 15) is 4.79 Å². The molecule has 1 atom stereocenters. The maximum atomic E-state index is 12.5. The van der Waals surface area contributed by atoms with Gasteiger partial charge in [0.05, 0.1) is 11.7 Å². The summed E-state index contributed by atoms with van der Waals surface area (Å²) in [4.78, 5) is 17.0. The minimum absolute atomic E-state index is 0.0364. The molecule has 2 aromatic heterocycles. The number of likely N-dealkylation sites (N-methyl/N-ethyl adjacent to an activating group) is 1. The van der Waals surface area contributed by atoms with Gasteiger partial charge in [-0.25, -0.2) is 0 Å². The highest BCUT2D eigenvalue weighted by molar-refractivity contribution is 7.07. The Bertz CT molecular complexity index is 715. The fraction of sp³-hybridized carbons (Fsp3) is 0.556. The predicted octanol–water partition coefficient (Wildman–Crippen LogP) is 2.46. The van der Waals surface area contributed by atoms with Crippen molar-refractivity contribution >= 4 is 17.2 Å². The van der Waals surface area contributed by atoms with Crippen LogP contribution in [0.1, 0.15) is 36.3 Å². The van der Waals surface area contributed by atoms with Gasteiger partial charge in [0.25, 0.3) is 0 Å². The number of nitrogens with zero attached hydrogens (tertiary/aromatic N) is 4. The molecule has 24 heavy (non-hydrogen) atoms. The number of aromatic nitrogens is 2. The lowest BCUT2D eigenvalue weighted by Crippen LogP contribution is -2.53. The van der Waals surface area contributed by atoms with Crippen LogP contribution in [0.15, 0.2) is 29.2 Å². The standard InChI is InChI=1S/C18H24N4OS/c1-20-12-15(10-19-20)16-9-17(23)21(2)18(16)4-6-22(7-5-18)11-14-3-8-24-13-14/h3,8,10,12-13,16H,4-7,9,11H2,1-2H3. The molecule has 0 bridgehead atoms. The van der Waals surface area contributed by atoms with Gasteiger partial charge in [-0.2, -0.15) is 16.4 Å². The molecule has 2 aliphatic heterocycles. The number of thiophene rings is 1. The van der Waals surface area contributed by atoms with E-state index in [0.717, 1.165) is 32.5 Å². The van der Waals surface area contributed by atoms with Crippen LogP contribution in [-0.2, 0) is 18.4 Å². The first-order chi connectivity index (χ1) is 11.6. The van der Waals surface area contributed by atoms with Gasteiger partial charge in [0.15, 0.2) is 0 Å². The van der Waals surface area contributed by atoms with Crippen molar-refractivity contribution < 1.29 is 4.79 Å². The first kappa shape index (κ1) is 15.8. The molecular weight excluding hydrogens is 320 g/mol. The first-order valence-electron chi connectivity index (χ1n) is 8.57. The normalized spacial score (nSPS) is 24.2. The minimum Gasteiger partial charge on any atom is -0.339 e. The van der Waals surface area contributed by atoms with E-state index in [4.69, 9.17) is 0 Å². The van der Waals surface area contributed by atoms with Crippen LogP contribution < -0.4 is 0 Å². The molecule has 4 rings (SSSR count). The number of carbonyl (C=O) groups is 1. The molecule has 0 aromatic carbocycles. The Hall–Kier alpha value is -1.66. The number of rotatable bonds is 3. The van der Waals surface area contributed by atoms with Crippen molar-refractivity contribution in [3.8, 4) is 0 Å². The predicted molar refractivity (Wildman–Crippen MR) is 94.9 cm³/mol. The lowest BCUT2D eigenvalue weighted by molar-refractivity contribution is -0.130. The Balaban J connectivity index is 1.53. The van der Waals surface area contributed by atoms with Gasteiger partial charge in [-0.15, -0.1) is 0 Å². The number of hydrogen-bond donors (Lipinski definition) is 0. The maximum Gasteiger partial charge on any atom is 0.223 e. The molecule has 128 valence electrons.